The molecule has 0 heterocycles. The molecule has 1 amide bonds. The van der Waals surface area contributed by atoms with Gasteiger partial charge in [0.2, 0.25) is 5.91 Å². The molecular formula is C14H21ClN2O2. The first-order chi connectivity index (χ1) is 8.64. The van der Waals surface area contributed by atoms with Crippen LogP contribution in [0.4, 0.5) is 0 Å². The van der Waals surface area contributed by atoms with Crippen LogP contribution in [0.5, 0.6) is 5.75 Å². The van der Waals surface area contributed by atoms with Gasteiger partial charge < -0.3 is 15.8 Å². The van der Waals surface area contributed by atoms with Crippen molar-refractivity contribution in [2.75, 3.05) is 13.7 Å². The molecule has 0 atom stereocenters. The minimum atomic E-state index is -0.603. The highest BCUT2D eigenvalue weighted by atomic mass is 35.5. The van der Waals surface area contributed by atoms with Gasteiger partial charge in [0.1, 0.15) is 5.75 Å². The first-order valence-corrected chi connectivity index (χ1v) is 6.34. The molecule has 19 heavy (non-hydrogen) atoms. The topological polar surface area (TPSA) is 64.3 Å². The highest BCUT2D eigenvalue weighted by Crippen LogP contribution is 2.28. The zero-order chi connectivity index (χ0) is 13.0. The second-order valence-corrected chi connectivity index (χ2v) is 4.87. The van der Waals surface area contributed by atoms with Gasteiger partial charge in [0.15, 0.2) is 0 Å². The molecular weight excluding hydrogens is 264 g/mol. The average Bonchev–Trinajstić information content (AvgIpc) is 2.36. The van der Waals surface area contributed by atoms with Gasteiger partial charge in [-0.3, -0.25) is 4.79 Å². The Morgan fingerprint density at radius 2 is 2.21 bits per heavy atom. The SMILES string of the molecule is COc1cccc(CCNC(=O)C2(N)CCC2)c1.Cl. The number of carbonyl (C=O) groups is 1. The van der Waals surface area contributed by atoms with Crippen LogP contribution in [0, 0.1) is 0 Å². The maximum Gasteiger partial charge on any atom is 0.240 e. The predicted molar refractivity (Wildman–Crippen MR) is 77.7 cm³/mol. The minimum Gasteiger partial charge on any atom is -0.497 e. The van der Waals surface area contributed by atoms with Crippen molar-refractivity contribution in [2.45, 2.75) is 31.2 Å². The van der Waals surface area contributed by atoms with E-state index in [9.17, 15) is 4.79 Å². The third-order valence-electron chi connectivity index (χ3n) is 3.53. The molecule has 1 saturated carbocycles. The lowest BCUT2D eigenvalue weighted by Gasteiger charge is -2.36. The van der Waals surface area contributed by atoms with E-state index < -0.39 is 5.54 Å². The van der Waals surface area contributed by atoms with E-state index in [1.807, 2.05) is 24.3 Å². The maximum atomic E-state index is 11.8. The van der Waals surface area contributed by atoms with Gasteiger partial charge in [0, 0.05) is 6.54 Å². The molecule has 1 fully saturated rings. The maximum absolute atomic E-state index is 11.8. The molecule has 1 aliphatic rings. The number of amides is 1. The monoisotopic (exact) mass is 284 g/mol. The first-order valence-electron chi connectivity index (χ1n) is 6.34. The fraction of sp³-hybridized carbons (Fsp3) is 0.500. The number of rotatable bonds is 5. The molecule has 0 unspecified atom stereocenters. The Labute approximate surface area is 120 Å². The number of benzene rings is 1. The number of carbonyl (C=O) groups excluding carboxylic acids is 1. The summed E-state index contributed by atoms with van der Waals surface area (Å²) in [5, 5.41) is 2.91. The van der Waals surface area contributed by atoms with Crippen LogP contribution in [0.1, 0.15) is 24.8 Å². The van der Waals surface area contributed by atoms with Crippen molar-refractivity contribution >= 4 is 18.3 Å². The second kappa shape index (κ2) is 6.78. The fourth-order valence-electron chi connectivity index (χ4n) is 2.11. The van der Waals surface area contributed by atoms with Crippen molar-refractivity contribution in [2.24, 2.45) is 5.73 Å². The van der Waals surface area contributed by atoms with Crippen molar-refractivity contribution in [1.82, 2.24) is 5.32 Å². The molecule has 1 aromatic rings. The molecule has 4 nitrogen and oxygen atoms in total. The van der Waals surface area contributed by atoms with Gasteiger partial charge in [-0.25, -0.2) is 0 Å². The van der Waals surface area contributed by atoms with Crippen LogP contribution in [0.3, 0.4) is 0 Å². The van der Waals surface area contributed by atoms with Crippen molar-refractivity contribution in [3.8, 4) is 5.75 Å². The molecule has 106 valence electrons. The lowest BCUT2D eigenvalue weighted by molar-refractivity contribution is -0.129. The molecule has 0 spiro atoms. The molecule has 0 aromatic heterocycles. The second-order valence-electron chi connectivity index (χ2n) is 4.87. The fourth-order valence-corrected chi connectivity index (χ4v) is 2.11. The largest absolute Gasteiger partial charge is 0.497 e. The highest BCUT2D eigenvalue weighted by Gasteiger charge is 2.39. The van der Waals surface area contributed by atoms with Gasteiger partial charge in [-0.15, -0.1) is 12.4 Å². The molecule has 0 saturated heterocycles. The number of hydrogen-bond donors (Lipinski definition) is 2. The summed E-state index contributed by atoms with van der Waals surface area (Å²) in [7, 11) is 1.65. The molecule has 1 aliphatic carbocycles. The number of methoxy groups -OCH3 is 1. The van der Waals surface area contributed by atoms with Crippen LogP contribution in [0.2, 0.25) is 0 Å². The Balaban J connectivity index is 0.00000180. The van der Waals surface area contributed by atoms with E-state index in [1.165, 1.54) is 0 Å². The number of hydrogen-bond acceptors (Lipinski definition) is 3. The van der Waals surface area contributed by atoms with Crippen molar-refractivity contribution in [1.29, 1.82) is 0 Å². The summed E-state index contributed by atoms with van der Waals surface area (Å²) in [5.74, 6) is 0.824. The third kappa shape index (κ3) is 3.85. The van der Waals surface area contributed by atoms with Gasteiger partial charge in [0.25, 0.3) is 0 Å². The van der Waals surface area contributed by atoms with Gasteiger partial charge >= 0.3 is 0 Å². The number of halogens is 1. The quantitative estimate of drug-likeness (QED) is 0.864. The van der Waals surface area contributed by atoms with E-state index in [0.717, 1.165) is 37.0 Å². The van der Waals surface area contributed by atoms with E-state index in [0.29, 0.717) is 6.54 Å². The standard InChI is InChI=1S/C14H20N2O2.ClH/c1-18-12-5-2-4-11(10-12)6-9-16-13(17)14(15)7-3-8-14;/h2,4-5,10H,3,6-9,15H2,1H3,(H,16,17);1H. The Morgan fingerprint density at radius 1 is 1.47 bits per heavy atom. The normalized spacial score (nSPS) is 15.9. The lowest BCUT2D eigenvalue weighted by Crippen LogP contribution is -2.58. The number of nitrogens with one attached hydrogen (secondary N) is 1. The summed E-state index contributed by atoms with van der Waals surface area (Å²) in [6.45, 7) is 0.616. The summed E-state index contributed by atoms with van der Waals surface area (Å²) in [6, 6.07) is 7.86. The van der Waals surface area contributed by atoms with Gasteiger partial charge in [-0.2, -0.15) is 0 Å². The Bertz CT molecular complexity index is 433. The van der Waals surface area contributed by atoms with Crippen LogP contribution in [-0.2, 0) is 11.2 Å². The Morgan fingerprint density at radius 3 is 2.79 bits per heavy atom. The van der Waals surface area contributed by atoms with Crippen LogP contribution in [-0.4, -0.2) is 25.1 Å². The molecule has 2 rings (SSSR count). The van der Waals surface area contributed by atoms with Crippen LogP contribution in [0.25, 0.3) is 0 Å². The van der Waals surface area contributed by atoms with E-state index in [-0.39, 0.29) is 18.3 Å². The van der Waals surface area contributed by atoms with Crippen molar-refractivity contribution < 1.29 is 9.53 Å². The molecule has 0 aliphatic heterocycles. The van der Waals surface area contributed by atoms with Gasteiger partial charge in [0.05, 0.1) is 12.6 Å². The van der Waals surface area contributed by atoms with Crippen molar-refractivity contribution in [3.63, 3.8) is 0 Å². The van der Waals surface area contributed by atoms with E-state index in [2.05, 4.69) is 5.32 Å². The zero-order valence-corrected chi connectivity index (χ0v) is 12.0. The number of ether oxygens (including phenoxy) is 1. The summed E-state index contributed by atoms with van der Waals surface area (Å²) < 4.78 is 5.16. The van der Waals surface area contributed by atoms with E-state index in [1.54, 1.807) is 7.11 Å². The summed E-state index contributed by atoms with van der Waals surface area (Å²) in [4.78, 5) is 11.8. The van der Waals surface area contributed by atoms with Crippen LogP contribution < -0.4 is 15.8 Å². The summed E-state index contributed by atoms with van der Waals surface area (Å²) in [5.41, 5.74) is 6.48. The predicted octanol–water partition coefficient (Wildman–Crippen LogP) is 1.66. The molecule has 0 radical (unpaired) electrons. The lowest BCUT2D eigenvalue weighted by atomic mass is 9.77. The van der Waals surface area contributed by atoms with Crippen molar-refractivity contribution in [3.05, 3.63) is 29.8 Å². The minimum absolute atomic E-state index is 0. The molecule has 1 aromatic carbocycles. The van der Waals surface area contributed by atoms with E-state index >= 15 is 0 Å². The smallest absolute Gasteiger partial charge is 0.240 e. The van der Waals surface area contributed by atoms with Crippen LogP contribution >= 0.6 is 12.4 Å². The highest BCUT2D eigenvalue weighted by molar-refractivity contribution is 5.87. The first kappa shape index (κ1) is 15.8. The average molecular weight is 285 g/mol. The third-order valence-corrected chi connectivity index (χ3v) is 3.53. The Kier molecular flexibility index (Phi) is 5.63. The van der Waals surface area contributed by atoms with Gasteiger partial charge in [-0.05, 0) is 43.4 Å². The summed E-state index contributed by atoms with van der Waals surface area (Å²) >= 11 is 0. The van der Waals surface area contributed by atoms with Gasteiger partial charge in [-0.1, -0.05) is 12.1 Å². The number of nitrogens with two attached hydrogens (primary N) is 1. The van der Waals surface area contributed by atoms with Crippen LogP contribution in [0.15, 0.2) is 24.3 Å². The Hall–Kier alpha value is -1.26. The summed E-state index contributed by atoms with van der Waals surface area (Å²) in [6.07, 6.45) is 3.45. The molecule has 5 heteroatoms. The van der Waals surface area contributed by atoms with E-state index in [4.69, 9.17) is 10.5 Å². The zero-order valence-electron chi connectivity index (χ0n) is 11.1. The molecule has 0 bridgehead atoms. The molecule has 3 N–H and O–H groups in total.